The lowest BCUT2D eigenvalue weighted by Gasteiger charge is -2.17. The largest absolute Gasteiger partial charge is 0.494 e. The van der Waals surface area contributed by atoms with Crippen molar-refractivity contribution in [1.29, 1.82) is 0 Å². The molecule has 0 bridgehead atoms. The number of aromatic amines is 1. The molecule has 1 aliphatic carbocycles. The number of carbonyl (C=O) groups excluding carboxylic acids is 1. The number of alkyl halides is 3. The summed E-state index contributed by atoms with van der Waals surface area (Å²) in [7, 11) is 0. The van der Waals surface area contributed by atoms with Crippen molar-refractivity contribution >= 4 is 11.7 Å². The molecule has 9 nitrogen and oxygen atoms in total. The van der Waals surface area contributed by atoms with Crippen LogP contribution in [-0.2, 0) is 12.6 Å². The van der Waals surface area contributed by atoms with E-state index in [1.807, 2.05) is 0 Å². The number of rotatable bonds is 10. The van der Waals surface area contributed by atoms with Gasteiger partial charge in [-0.1, -0.05) is 25.7 Å². The number of benzene rings is 1. The summed E-state index contributed by atoms with van der Waals surface area (Å²) >= 11 is 0. The van der Waals surface area contributed by atoms with Crippen LogP contribution in [0.1, 0.15) is 74.4 Å². The molecule has 2 aromatic heterocycles. The zero-order chi connectivity index (χ0) is 27.3. The molecule has 204 valence electrons. The Bertz CT molecular complexity index is 1250. The Balaban J connectivity index is 1.49. The van der Waals surface area contributed by atoms with E-state index in [2.05, 4.69) is 30.5 Å². The second-order valence-electron chi connectivity index (χ2n) is 10.2. The number of hydrogen-bond donors (Lipinski definition) is 3. The van der Waals surface area contributed by atoms with Crippen molar-refractivity contribution in [2.45, 2.75) is 70.6 Å². The Morgan fingerprint density at radius 1 is 1.18 bits per heavy atom. The zero-order valence-corrected chi connectivity index (χ0v) is 21.3. The first kappa shape index (κ1) is 27.5. The highest BCUT2D eigenvalue weighted by molar-refractivity contribution is 6.01. The molecule has 3 aromatic rings. The van der Waals surface area contributed by atoms with Gasteiger partial charge in [0.05, 0.1) is 23.5 Å². The maximum atomic E-state index is 13.8. The first-order chi connectivity index (χ1) is 18.0. The Kier molecular flexibility index (Phi) is 8.29. The zero-order valence-electron chi connectivity index (χ0n) is 21.3. The first-order valence-corrected chi connectivity index (χ1v) is 12.6. The molecular weight excluding hydrogens is 501 g/mol. The molecule has 1 fully saturated rings. The van der Waals surface area contributed by atoms with Crippen molar-refractivity contribution in [1.82, 2.24) is 25.1 Å². The van der Waals surface area contributed by atoms with Gasteiger partial charge in [0.2, 0.25) is 5.82 Å². The van der Waals surface area contributed by atoms with Crippen LogP contribution in [0, 0.1) is 5.92 Å². The molecule has 1 amide bonds. The molecule has 1 aromatic carbocycles. The van der Waals surface area contributed by atoms with Crippen LogP contribution in [-0.4, -0.2) is 48.4 Å². The van der Waals surface area contributed by atoms with Crippen LogP contribution in [0.4, 0.5) is 19.0 Å². The van der Waals surface area contributed by atoms with Gasteiger partial charge in [0.15, 0.2) is 0 Å². The quantitative estimate of drug-likeness (QED) is 0.307. The fourth-order valence-corrected chi connectivity index (χ4v) is 4.49. The van der Waals surface area contributed by atoms with Crippen molar-refractivity contribution < 1.29 is 27.8 Å². The Morgan fingerprint density at radius 2 is 1.95 bits per heavy atom. The van der Waals surface area contributed by atoms with E-state index in [9.17, 15) is 23.1 Å². The van der Waals surface area contributed by atoms with Crippen LogP contribution in [0.3, 0.4) is 0 Å². The average molecular weight is 533 g/mol. The van der Waals surface area contributed by atoms with Gasteiger partial charge in [-0.2, -0.15) is 13.2 Å². The number of hydrogen-bond acceptors (Lipinski definition) is 7. The molecule has 38 heavy (non-hydrogen) atoms. The van der Waals surface area contributed by atoms with Gasteiger partial charge in [-0.25, -0.2) is 15.0 Å². The summed E-state index contributed by atoms with van der Waals surface area (Å²) in [6, 6.07) is 4.69. The number of aromatic nitrogens is 5. The number of nitrogens with one attached hydrogen (secondary N) is 2. The van der Waals surface area contributed by atoms with Crippen LogP contribution < -0.4 is 10.1 Å². The van der Waals surface area contributed by atoms with E-state index in [1.54, 1.807) is 13.8 Å². The third kappa shape index (κ3) is 7.50. The van der Waals surface area contributed by atoms with Crippen LogP contribution in [0.2, 0.25) is 0 Å². The third-order valence-electron chi connectivity index (χ3n) is 6.37. The van der Waals surface area contributed by atoms with Crippen LogP contribution >= 0.6 is 0 Å². The summed E-state index contributed by atoms with van der Waals surface area (Å²) in [5.74, 6) is 0.668. The standard InChI is InChI=1S/C26H31F3N6O3/c1-25(2,37)10-5-11-38-17-8-9-19(26(27,28)29)18(13-17)20-14-21(31-15-30-20)33-24(36)23-32-22(34-35-23)12-16-6-3-4-7-16/h8-9,13-16,37H,3-7,10-12H2,1-2H3,(H,32,34,35)(H,30,31,33,36). The average Bonchev–Trinajstić information content (AvgIpc) is 3.53. The summed E-state index contributed by atoms with van der Waals surface area (Å²) < 4.78 is 47.0. The topological polar surface area (TPSA) is 126 Å². The van der Waals surface area contributed by atoms with E-state index in [0.717, 1.165) is 25.2 Å². The minimum atomic E-state index is -4.64. The Morgan fingerprint density at radius 3 is 2.66 bits per heavy atom. The number of nitrogens with zero attached hydrogens (tertiary/aromatic N) is 4. The van der Waals surface area contributed by atoms with Crippen molar-refractivity contribution in [3.8, 4) is 17.0 Å². The smallest absolute Gasteiger partial charge is 0.417 e. The fourth-order valence-electron chi connectivity index (χ4n) is 4.49. The van der Waals surface area contributed by atoms with Gasteiger partial charge in [-0.3, -0.25) is 9.89 Å². The van der Waals surface area contributed by atoms with Crippen molar-refractivity contribution in [2.24, 2.45) is 5.92 Å². The van der Waals surface area contributed by atoms with Gasteiger partial charge in [0.25, 0.3) is 5.91 Å². The minimum absolute atomic E-state index is 0.00626. The van der Waals surface area contributed by atoms with Crippen molar-refractivity contribution in [3.05, 3.63) is 47.8 Å². The molecule has 2 heterocycles. The van der Waals surface area contributed by atoms with E-state index in [1.165, 1.54) is 31.0 Å². The highest BCUT2D eigenvalue weighted by Crippen LogP contribution is 2.38. The number of halogens is 3. The number of anilines is 1. The second kappa shape index (κ2) is 11.5. The number of H-pyrrole nitrogens is 1. The first-order valence-electron chi connectivity index (χ1n) is 12.6. The van der Waals surface area contributed by atoms with Crippen LogP contribution in [0.5, 0.6) is 5.75 Å². The van der Waals surface area contributed by atoms with E-state index in [4.69, 9.17) is 4.74 Å². The number of carbonyl (C=O) groups is 1. The summed E-state index contributed by atoms with van der Waals surface area (Å²) in [4.78, 5) is 24.9. The molecule has 0 spiro atoms. The third-order valence-corrected chi connectivity index (χ3v) is 6.37. The summed E-state index contributed by atoms with van der Waals surface area (Å²) in [6.45, 7) is 3.57. The predicted octanol–water partition coefficient (Wildman–Crippen LogP) is 5.20. The summed E-state index contributed by atoms with van der Waals surface area (Å²) in [6.07, 6.45) is 2.77. The lowest BCUT2D eigenvalue weighted by atomic mass is 10.0. The number of ether oxygens (including phenoxy) is 1. The normalized spacial score (nSPS) is 14.6. The van der Waals surface area contributed by atoms with E-state index in [0.29, 0.717) is 31.0 Å². The van der Waals surface area contributed by atoms with Gasteiger partial charge < -0.3 is 15.2 Å². The van der Waals surface area contributed by atoms with Crippen molar-refractivity contribution in [2.75, 3.05) is 11.9 Å². The molecule has 1 aliphatic rings. The predicted molar refractivity (Wildman–Crippen MR) is 133 cm³/mol. The number of amides is 1. The van der Waals surface area contributed by atoms with E-state index >= 15 is 0 Å². The molecule has 1 saturated carbocycles. The molecule has 0 saturated heterocycles. The maximum absolute atomic E-state index is 13.8. The van der Waals surface area contributed by atoms with Gasteiger partial charge in [-0.05, 0) is 50.8 Å². The lowest BCUT2D eigenvalue weighted by molar-refractivity contribution is -0.137. The molecule has 0 unspecified atom stereocenters. The fraction of sp³-hybridized carbons (Fsp3) is 0.500. The molecule has 0 radical (unpaired) electrons. The van der Waals surface area contributed by atoms with Crippen LogP contribution in [0.15, 0.2) is 30.6 Å². The van der Waals surface area contributed by atoms with E-state index in [-0.39, 0.29) is 35.3 Å². The van der Waals surface area contributed by atoms with E-state index < -0.39 is 23.2 Å². The molecule has 3 N–H and O–H groups in total. The minimum Gasteiger partial charge on any atom is -0.494 e. The number of aliphatic hydroxyl groups is 1. The summed E-state index contributed by atoms with van der Waals surface area (Å²) in [5.41, 5.74) is -2.02. The van der Waals surface area contributed by atoms with Gasteiger partial charge in [0.1, 0.15) is 23.7 Å². The van der Waals surface area contributed by atoms with Gasteiger partial charge >= 0.3 is 6.18 Å². The molecule has 4 rings (SSSR count). The Labute approximate surface area is 218 Å². The van der Waals surface area contributed by atoms with Crippen LogP contribution in [0.25, 0.3) is 11.3 Å². The summed E-state index contributed by atoms with van der Waals surface area (Å²) in [5, 5.41) is 19.1. The molecule has 0 atom stereocenters. The Hall–Kier alpha value is -3.54. The second-order valence-corrected chi connectivity index (χ2v) is 10.2. The highest BCUT2D eigenvalue weighted by atomic mass is 19.4. The van der Waals surface area contributed by atoms with Gasteiger partial charge in [0, 0.05) is 18.1 Å². The van der Waals surface area contributed by atoms with Gasteiger partial charge in [-0.15, -0.1) is 5.10 Å². The SMILES string of the molecule is CC(C)(O)CCCOc1ccc(C(F)(F)F)c(-c2cc(NC(=O)c3n[nH]c(CC4CCCC4)n3)ncn2)c1. The lowest BCUT2D eigenvalue weighted by Crippen LogP contribution is -2.19. The molecule has 0 aliphatic heterocycles. The maximum Gasteiger partial charge on any atom is 0.417 e. The molecular formula is C26H31F3N6O3. The van der Waals surface area contributed by atoms with Crippen molar-refractivity contribution in [3.63, 3.8) is 0 Å². The molecule has 12 heteroatoms. The monoisotopic (exact) mass is 532 g/mol. The highest BCUT2D eigenvalue weighted by Gasteiger charge is 2.34.